The van der Waals surface area contributed by atoms with Gasteiger partial charge in [0.15, 0.2) is 0 Å². The number of nitrogens with zero attached hydrogens (tertiary/aromatic N) is 2. The first-order valence-electron chi connectivity index (χ1n) is 5.76. The zero-order valence-electron chi connectivity index (χ0n) is 9.83. The summed E-state index contributed by atoms with van der Waals surface area (Å²) in [5, 5.41) is 3.44. The number of hydrazine groups is 1. The summed E-state index contributed by atoms with van der Waals surface area (Å²) in [5.41, 5.74) is 3.39. The number of hydrogen-bond acceptors (Lipinski definition) is 5. The highest BCUT2D eigenvalue weighted by Gasteiger charge is 2.21. The van der Waals surface area contributed by atoms with Crippen LogP contribution in [0.1, 0.15) is 31.9 Å². The van der Waals surface area contributed by atoms with Crippen molar-refractivity contribution in [3.63, 3.8) is 0 Å². The van der Waals surface area contributed by atoms with Gasteiger partial charge in [-0.1, -0.05) is 6.92 Å². The van der Waals surface area contributed by atoms with Gasteiger partial charge in [0.25, 0.3) is 0 Å². The molecule has 0 radical (unpaired) electrons. The van der Waals surface area contributed by atoms with Crippen LogP contribution in [0.15, 0.2) is 6.07 Å². The summed E-state index contributed by atoms with van der Waals surface area (Å²) >= 11 is 0. The predicted octanol–water partition coefficient (Wildman–Crippen LogP) is 1.67. The van der Waals surface area contributed by atoms with E-state index < -0.39 is 0 Å². The number of aryl methyl sites for hydroxylation is 1. The quantitative estimate of drug-likeness (QED) is 0.534. The van der Waals surface area contributed by atoms with Crippen LogP contribution in [0.25, 0.3) is 0 Å². The molecule has 1 fully saturated rings. The molecule has 0 aromatic carbocycles. The van der Waals surface area contributed by atoms with Crippen molar-refractivity contribution in [1.29, 1.82) is 0 Å². The third kappa shape index (κ3) is 2.61. The Labute approximate surface area is 95.8 Å². The summed E-state index contributed by atoms with van der Waals surface area (Å²) in [5.74, 6) is 7.45. The van der Waals surface area contributed by atoms with Gasteiger partial charge >= 0.3 is 0 Å². The molecule has 4 N–H and O–H groups in total. The zero-order chi connectivity index (χ0) is 11.5. The van der Waals surface area contributed by atoms with Crippen LogP contribution in [0, 0.1) is 12.8 Å². The summed E-state index contributed by atoms with van der Waals surface area (Å²) in [6.45, 7) is 4.23. The maximum atomic E-state index is 5.32. The first-order chi connectivity index (χ1) is 7.67. The number of aromatic nitrogens is 2. The van der Waals surface area contributed by atoms with E-state index in [0.717, 1.165) is 17.4 Å². The van der Waals surface area contributed by atoms with Gasteiger partial charge in [0.2, 0.25) is 5.95 Å². The standard InChI is InChI=1S/C11H19N5/c1-7-3-4-9(5-7)14-10-6-8(2)13-11(15-10)16-12/h6-7,9H,3-5,12H2,1-2H3,(H2,13,14,15,16). The first kappa shape index (κ1) is 11.1. The van der Waals surface area contributed by atoms with Crippen LogP contribution < -0.4 is 16.6 Å². The molecular formula is C11H19N5. The molecule has 1 saturated carbocycles. The van der Waals surface area contributed by atoms with Gasteiger partial charge < -0.3 is 5.32 Å². The number of nitrogen functional groups attached to an aromatic ring is 1. The monoisotopic (exact) mass is 221 g/mol. The van der Waals surface area contributed by atoms with Crippen molar-refractivity contribution in [3.8, 4) is 0 Å². The van der Waals surface area contributed by atoms with Crippen LogP contribution in [-0.2, 0) is 0 Å². The van der Waals surface area contributed by atoms with Crippen molar-refractivity contribution in [2.75, 3.05) is 10.7 Å². The molecule has 0 bridgehead atoms. The molecule has 5 heteroatoms. The molecule has 2 rings (SSSR count). The fourth-order valence-electron chi connectivity index (χ4n) is 2.25. The normalized spacial score (nSPS) is 24.4. The number of rotatable bonds is 3. The third-order valence-electron chi connectivity index (χ3n) is 3.03. The Morgan fingerprint density at radius 2 is 2.19 bits per heavy atom. The maximum Gasteiger partial charge on any atom is 0.239 e. The Kier molecular flexibility index (Phi) is 3.24. The maximum absolute atomic E-state index is 5.32. The summed E-state index contributed by atoms with van der Waals surface area (Å²) in [6.07, 6.45) is 3.73. The Morgan fingerprint density at radius 1 is 1.38 bits per heavy atom. The van der Waals surface area contributed by atoms with Gasteiger partial charge in [0.1, 0.15) is 5.82 Å². The smallest absolute Gasteiger partial charge is 0.239 e. The zero-order valence-corrected chi connectivity index (χ0v) is 9.83. The van der Waals surface area contributed by atoms with Gasteiger partial charge in [0, 0.05) is 17.8 Å². The Morgan fingerprint density at radius 3 is 2.81 bits per heavy atom. The summed E-state index contributed by atoms with van der Waals surface area (Å²) in [4.78, 5) is 8.44. The fraction of sp³-hybridized carbons (Fsp3) is 0.636. The minimum atomic E-state index is 0.466. The van der Waals surface area contributed by atoms with Crippen LogP contribution in [0.2, 0.25) is 0 Å². The summed E-state index contributed by atoms with van der Waals surface area (Å²) in [7, 11) is 0. The minimum absolute atomic E-state index is 0.466. The minimum Gasteiger partial charge on any atom is -0.367 e. The van der Waals surface area contributed by atoms with Gasteiger partial charge in [-0.05, 0) is 32.1 Å². The van der Waals surface area contributed by atoms with Crippen LogP contribution >= 0.6 is 0 Å². The molecular weight excluding hydrogens is 202 g/mol. The van der Waals surface area contributed by atoms with Crippen molar-refractivity contribution >= 4 is 11.8 Å². The molecule has 88 valence electrons. The highest BCUT2D eigenvalue weighted by molar-refractivity contribution is 5.42. The lowest BCUT2D eigenvalue weighted by atomic mass is 10.1. The van der Waals surface area contributed by atoms with E-state index in [1.165, 1.54) is 19.3 Å². The molecule has 1 heterocycles. The van der Waals surface area contributed by atoms with Gasteiger partial charge in [-0.3, -0.25) is 5.43 Å². The molecule has 5 nitrogen and oxygen atoms in total. The third-order valence-corrected chi connectivity index (χ3v) is 3.03. The van der Waals surface area contributed by atoms with E-state index in [4.69, 9.17) is 5.84 Å². The molecule has 1 aromatic heterocycles. The van der Waals surface area contributed by atoms with Crippen LogP contribution in [-0.4, -0.2) is 16.0 Å². The summed E-state index contributed by atoms with van der Waals surface area (Å²) in [6, 6.07) is 2.49. The second kappa shape index (κ2) is 4.65. The van der Waals surface area contributed by atoms with E-state index in [1.807, 2.05) is 13.0 Å². The van der Waals surface area contributed by atoms with E-state index in [-0.39, 0.29) is 0 Å². The molecule has 1 aromatic rings. The van der Waals surface area contributed by atoms with Crippen molar-refractivity contribution in [2.24, 2.45) is 11.8 Å². The Hall–Kier alpha value is -1.36. The van der Waals surface area contributed by atoms with E-state index >= 15 is 0 Å². The Balaban J connectivity index is 2.06. The molecule has 1 aliphatic rings. The number of nitrogens with two attached hydrogens (primary N) is 1. The van der Waals surface area contributed by atoms with Crippen LogP contribution in [0.4, 0.5) is 11.8 Å². The van der Waals surface area contributed by atoms with E-state index in [0.29, 0.717) is 12.0 Å². The van der Waals surface area contributed by atoms with Crippen molar-refractivity contribution < 1.29 is 0 Å². The average Bonchev–Trinajstić information content (AvgIpc) is 2.63. The second-order valence-corrected chi connectivity index (χ2v) is 4.62. The van der Waals surface area contributed by atoms with Gasteiger partial charge in [-0.2, -0.15) is 4.98 Å². The molecule has 2 atom stereocenters. The summed E-state index contributed by atoms with van der Waals surface area (Å²) < 4.78 is 0. The Bertz CT molecular complexity index is 365. The molecule has 0 saturated heterocycles. The lowest BCUT2D eigenvalue weighted by Crippen LogP contribution is -2.18. The largest absolute Gasteiger partial charge is 0.367 e. The van der Waals surface area contributed by atoms with Crippen molar-refractivity contribution in [1.82, 2.24) is 9.97 Å². The molecule has 2 unspecified atom stereocenters. The lowest BCUT2D eigenvalue weighted by Gasteiger charge is -2.14. The topological polar surface area (TPSA) is 75.9 Å². The molecule has 16 heavy (non-hydrogen) atoms. The van der Waals surface area contributed by atoms with Crippen LogP contribution in [0.5, 0.6) is 0 Å². The van der Waals surface area contributed by atoms with Crippen LogP contribution in [0.3, 0.4) is 0 Å². The van der Waals surface area contributed by atoms with Gasteiger partial charge in [-0.25, -0.2) is 10.8 Å². The average molecular weight is 221 g/mol. The molecule has 0 amide bonds. The highest BCUT2D eigenvalue weighted by atomic mass is 15.3. The molecule has 0 spiro atoms. The van der Waals surface area contributed by atoms with E-state index in [9.17, 15) is 0 Å². The fourth-order valence-corrected chi connectivity index (χ4v) is 2.25. The van der Waals surface area contributed by atoms with Gasteiger partial charge in [0.05, 0.1) is 0 Å². The lowest BCUT2D eigenvalue weighted by molar-refractivity contribution is 0.602. The number of hydrogen-bond donors (Lipinski definition) is 3. The van der Waals surface area contributed by atoms with E-state index in [1.54, 1.807) is 0 Å². The highest BCUT2D eigenvalue weighted by Crippen LogP contribution is 2.27. The second-order valence-electron chi connectivity index (χ2n) is 4.62. The van der Waals surface area contributed by atoms with Gasteiger partial charge in [-0.15, -0.1) is 0 Å². The van der Waals surface area contributed by atoms with Crippen molar-refractivity contribution in [3.05, 3.63) is 11.8 Å². The number of anilines is 2. The molecule has 1 aliphatic carbocycles. The predicted molar refractivity (Wildman–Crippen MR) is 65.0 cm³/mol. The molecule has 0 aliphatic heterocycles. The SMILES string of the molecule is Cc1cc(NC2CCC(C)C2)nc(NN)n1. The first-order valence-corrected chi connectivity index (χ1v) is 5.76. The van der Waals surface area contributed by atoms with Crippen molar-refractivity contribution in [2.45, 2.75) is 39.2 Å². The van der Waals surface area contributed by atoms with E-state index in [2.05, 4.69) is 27.6 Å². The number of nitrogens with one attached hydrogen (secondary N) is 2.